The monoisotopic (exact) mass is 212 g/mol. The molecule has 1 N–H and O–H groups in total. The molecule has 0 aliphatic heterocycles. The van der Waals surface area contributed by atoms with Crippen molar-refractivity contribution in [3.8, 4) is 0 Å². The van der Waals surface area contributed by atoms with E-state index in [1.807, 2.05) is 6.26 Å². The van der Waals surface area contributed by atoms with Gasteiger partial charge in [-0.05, 0) is 24.0 Å². The number of ether oxygens (including phenoxy) is 1. The molecule has 0 bridgehead atoms. The second kappa shape index (κ2) is 5.67. The predicted octanol–water partition coefficient (Wildman–Crippen LogP) is 2.22. The summed E-state index contributed by atoms with van der Waals surface area (Å²) in [5.74, 6) is -0.248. The molecule has 3 nitrogen and oxygen atoms in total. The molecule has 76 valence electrons. The fraction of sp³-hybridized carbons (Fsp3) is 0.300. The highest BCUT2D eigenvalue weighted by molar-refractivity contribution is 7.98. The number of aromatic carboxylic acids is 1. The zero-order valence-electron chi connectivity index (χ0n) is 7.90. The summed E-state index contributed by atoms with van der Waals surface area (Å²) in [5.41, 5.74) is 1.29. The molecule has 0 saturated heterocycles. The maximum Gasteiger partial charge on any atom is 0.335 e. The number of carbonyl (C=O) groups is 1. The van der Waals surface area contributed by atoms with Crippen LogP contribution in [0.25, 0.3) is 0 Å². The van der Waals surface area contributed by atoms with Gasteiger partial charge in [-0.15, -0.1) is 11.8 Å². The van der Waals surface area contributed by atoms with Gasteiger partial charge in [0.1, 0.15) is 0 Å². The Morgan fingerprint density at radius 1 is 1.43 bits per heavy atom. The average Bonchev–Trinajstić information content (AvgIpc) is 2.19. The molecule has 4 heteroatoms. The molecule has 0 heterocycles. The van der Waals surface area contributed by atoms with E-state index in [0.29, 0.717) is 18.1 Å². The summed E-state index contributed by atoms with van der Waals surface area (Å²) in [6.07, 6.45) is 1.97. The lowest BCUT2D eigenvalue weighted by Crippen LogP contribution is -1.97. The molecule has 0 unspecified atom stereocenters. The Bertz CT molecular complexity index is 295. The minimum absolute atomic E-state index is 0.304. The zero-order chi connectivity index (χ0) is 10.4. The first-order valence-electron chi connectivity index (χ1n) is 4.13. The van der Waals surface area contributed by atoms with Gasteiger partial charge >= 0.3 is 5.97 Å². The number of hydrogen-bond donors (Lipinski definition) is 1. The summed E-state index contributed by atoms with van der Waals surface area (Å²) in [7, 11) is 0. The standard InChI is InChI=1S/C10H12O3S/c1-14-7-13-6-8-2-4-9(5-3-8)10(11)12/h2-5H,6-7H2,1H3,(H,11,12). The van der Waals surface area contributed by atoms with Crippen LogP contribution in [0.2, 0.25) is 0 Å². The molecule has 0 saturated carbocycles. The minimum atomic E-state index is -0.901. The molecular weight excluding hydrogens is 200 g/mol. The highest BCUT2D eigenvalue weighted by Gasteiger charge is 2.01. The number of benzene rings is 1. The molecule has 0 spiro atoms. The van der Waals surface area contributed by atoms with Crippen molar-refractivity contribution in [1.29, 1.82) is 0 Å². The summed E-state index contributed by atoms with van der Waals surface area (Å²) in [5, 5.41) is 8.66. The molecule has 0 amide bonds. The Morgan fingerprint density at radius 2 is 2.07 bits per heavy atom. The lowest BCUT2D eigenvalue weighted by molar-refractivity contribution is 0.0697. The van der Waals surface area contributed by atoms with Crippen molar-refractivity contribution in [3.05, 3.63) is 35.4 Å². The van der Waals surface area contributed by atoms with Crippen LogP contribution in [0.3, 0.4) is 0 Å². The normalized spacial score (nSPS) is 10.1. The number of carboxylic acid groups (broad SMARTS) is 1. The topological polar surface area (TPSA) is 46.5 Å². The fourth-order valence-corrected chi connectivity index (χ4v) is 1.24. The van der Waals surface area contributed by atoms with E-state index in [4.69, 9.17) is 9.84 Å². The third-order valence-corrected chi connectivity index (χ3v) is 2.07. The van der Waals surface area contributed by atoms with Crippen LogP contribution in [0.1, 0.15) is 15.9 Å². The molecule has 0 aromatic heterocycles. The Morgan fingerprint density at radius 3 is 2.57 bits per heavy atom. The van der Waals surface area contributed by atoms with E-state index in [0.717, 1.165) is 5.56 Å². The van der Waals surface area contributed by atoms with Crippen molar-refractivity contribution < 1.29 is 14.6 Å². The summed E-state index contributed by atoms with van der Waals surface area (Å²) in [6.45, 7) is 0.529. The second-order valence-corrected chi connectivity index (χ2v) is 3.57. The Labute approximate surface area is 87.1 Å². The lowest BCUT2D eigenvalue weighted by Gasteiger charge is -2.02. The van der Waals surface area contributed by atoms with Crippen molar-refractivity contribution in [1.82, 2.24) is 0 Å². The first-order valence-corrected chi connectivity index (χ1v) is 5.52. The summed E-state index contributed by atoms with van der Waals surface area (Å²) >= 11 is 1.61. The predicted molar refractivity (Wildman–Crippen MR) is 56.6 cm³/mol. The SMILES string of the molecule is CSCOCc1ccc(C(=O)O)cc1. The van der Waals surface area contributed by atoms with Gasteiger partial charge in [-0.1, -0.05) is 12.1 Å². The van der Waals surface area contributed by atoms with Gasteiger partial charge in [0.25, 0.3) is 0 Å². The molecule has 14 heavy (non-hydrogen) atoms. The molecule has 0 aliphatic carbocycles. The van der Waals surface area contributed by atoms with E-state index in [1.54, 1.807) is 36.0 Å². The van der Waals surface area contributed by atoms with Crippen molar-refractivity contribution in [2.24, 2.45) is 0 Å². The van der Waals surface area contributed by atoms with E-state index in [9.17, 15) is 4.79 Å². The van der Waals surface area contributed by atoms with Crippen LogP contribution in [0.15, 0.2) is 24.3 Å². The summed E-state index contributed by atoms with van der Waals surface area (Å²) in [6, 6.07) is 6.70. The van der Waals surface area contributed by atoms with Crippen molar-refractivity contribution >= 4 is 17.7 Å². The summed E-state index contributed by atoms with van der Waals surface area (Å²) in [4.78, 5) is 10.5. The molecule has 1 aromatic rings. The van der Waals surface area contributed by atoms with Gasteiger partial charge < -0.3 is 9.84 Å². The maximum absolute atomic E-state index is 10.5. The van der Waals surface area contributed by atoms with Gasteiger partial charge in [0.2, 0.25) is 0 Å². The first-order chi connectivity index (χ1) is 6.74. The van der Waals surface area contributed by atoms with Gasteiger partial charge in [0.05, 0.1) is 18.1 Å². The van der Waals surface area contributed by atoms with Gasteiger partial charge in [0.15, 0.2) is 0 Å². The van der Waals surface area contributed by atoms with Gasteiger partial charge in [0, 0.05) is 0 Å². The quantitative estimate of drug-likeness (QED) is 0.600. The largest absolute Gasteiger partial charge is 0.478 e. The zero-order valence-corrected chi connectivity index (χ0v) is 8.71. The number of carboxylic acids is 1. The van der Waals surface area contributed by atoms with Crippen molar-refractivity contribution in [2.45, 2.75) is 6.61 Å². The molecule has 0 aliphatic rings. The molecule has 0 radical (unpaired) electrons. The first kappa shape index (κ1) is 11.1. The van der Waals surface area contributed by atoms with E-state index in [-0.39, 0.29) is 0 Å². The second-order valence-electron chi connectivity index (χ2n) is 2.76. The molecule has 1 rings (SSSR count). The molecule has 1 aromatic carbocycles. The van der Waals surface area contributed by atoms with Crippen LogP contribution in [-0.2, 0) is 11.3 Å². The van der Waals surface area contributed by atoms with Crippen molar-refractivity contribution in [3.63, 3.8) is 0 Å². The highest BCUT2D eigenvalue weighted by atomic mass is 32.2. The third kappa shape index (κ3) is 3.40. The van der Waals surface area contributed by atoms with E-state index >= 15 is 0 Å². The van der Waals surface area contributed by atoms with Gasteiger partial charge in [-0.25, -0.2) is 4.79 Å². The third-order valence-electron chi connectivity index (χ3n) is 1.67. The number of thioether (sulfide) groups is 1. The molecule has 0 atom stereocenters. The Hall–Kier alpha value is -1.00. The van der Waals surface area contributed by atoms with Crippen LogP contribution in [0.5, 0.6) is 0 Å². The Kier molecular flexibility index (Phi) is 4.49. The van der Waals surface area contributed by atoms with E-state index in [2.05, 4.69) is 0 Å². The maximum atomic E-state index is 10.5. The van der Waals surface area contributed by atoms with Crippen LogP contribution < -0.4 is 0 Å². The number of rotatable bonds is 5. The number of hydrogen-bond acceptors (Lipinski definition) is 3. The van der Waals surface area contributed by atoms with Gasteiger partial charge in [-0.2, -0.15) is 0 Å². The minimum Gasteiger partial charge on any atom is -0.478 e. The lowest BCUT2D eigenvalue weighted by atomic mass is 10.1. The van der Waals surface area contributed by atoms with Crippen LogP contribution in [0, 0.1) is 0 Å². The smallest absolute Gasteiger partial charge is 0.335 e. The van der Waals surface area contributed by atoms with Crippen LogP contribution in [0.4, 0.5) is 0 Å². The average molecular weight is 212 g/mol. The highest BCUT2D eigenvalue weighted by Crippen LogP contribution is 2.06. The molecule has 0 fully saturated rings. The van der Waals surface area contributed by atoms with E-state index < -0.39 is 5.97 Å². The van der Waals surface area contributed by atoms with E-state index in [1.165, 1.54) is 0 Å². The van der Waals surface area contributed by atoms with Crippen LogP contribution in [-0.4, -0.2) is 23.3 Å². The fourth-order valence-electron chi connectivity index (χ4n) is 0.986. The summed E-state index contributed by atoms with van der Waals surface area (Å²) < 4.78 is 5.28. The van der Waals surface area contributed by atoms with Crippen molar-refractivity contribution in [2.75, 3.05) is 12.2 Å². The molecular formula is C10H12O3S. The van der Waals surface area contributed by atoms with Gasteiger partial charge in [-0.3, -0.25) is 0 Å². The Balaban J connectivity index is 2.51. The van der Waals surface area contributed by atoms with Crippen LogP contribution >= 0.6 is 11.8 Å².